The first-order valence-electron chi connectivity index (χ1n) is 5.49. The van der Waals surface area contributed by atoms with Gasteiger partial charge < -0.3 is 5.32 Å². The third-order valence-corrected chi connectivity index (χ3v) is 3.36. The Labute approximate surface area is 103 Å². The Bertz CT molecular complexity index is 411. The fourth-order valence-corrected chi connectivity index (χ4v) is 2.22. The summed E-state index contributed by atoms with van der Waals surface area (Å²) in [5.74, 6) is 0.636. The smallest absolute Gasteiger partial charge is 0.381 e. The van der Waals surface area contributed by atoms with E-state index in [0.29, 0.717) is 16.6 Å². The lowest BCUT2D eigenvalue weighted by Crippen LogP contribution is -2.33. The average Bonchev–Trinajstić information content (AvgIpc) is 2.17. The number of halogens is 4. The van der Waals surface area contributed by atoms with E-state index < -0.39 is 11.7 Å². The molecule has 0 radical (unpaired) electrons. The Morgan fingerprint density at radius 2 is 1.94 bits per heavy atom. The summed E-state index contributed by atoms with van der Waals surface area (Å²) in [6.45, 7) is 2.12. The molecule has 0 saturated heterocycles. The summed E-state index contributed by atoms with van der Waals surface area (Å²) in [5, 5.41) is 3.39. The molecule has 1 aliphatic rings. The number of benzene rings is 1. The molecule has 94 valence electrons. The van der Waals surface area contributed by atoms with Gasteiger partial charge in [-0.15, -0.1) is 0 Å². The van der Waals surface area contributed by atoms with Crippen molar-refractivity contribution < 1.29 is 13.2 Å². The zero-order chi connectivity index (χ0) is 12.6. The van der Waals surface area contributed by atoms with Gasteiger partial charge in [0.15, 0.2) is 0 Å². The van der Waals surface area contributed by atoms with E-state index >= 15 is 0 Å². The fourth-order valence-electron chi connectivity index (χ4n) is 2.05. The minimum Gasteiger partial charge on any atom is -0.381 e. The molecule has 0 bridgehead atoms. The first-order chi connectivity index (χ1) is 7.86. The number of anilines is 1. The van der Waals surface area contributed by atoms with Gasteiger partial charge in [0.2, 0.25) is 0 Å². The topological polar surface area (TPSA) is 12.0 Å². The van der Waals surface area contributed by atoms with Crippen LogP contribution in [0.15, 0.2) is 18.2 Å². The quantitative estimate of drug-likeness (QED) is 0.824. The number of hydrogen-bond acceptors (Lipinski definition) is 1. The second-order valence-corrected chi connectivity index (χ2v) is 5.02. The van der Waals surface area contributed by atoms with Crippen LogP contribution in [0.2, 0.25) is 5.02 Å². The lowest BCUT2D eigenvalue weighted by atomic mass is 9.82. The molecule has 1 saturated carbocycles. The maximum absolute atomic E-state index is 12.5. The van der Waals surface area contributed by atoms with Gasteiger partial charge >= 0.3 is 6.18 Å². The van der Waals surface area contributed by atoms with Crippen molar-refractivity contribution in [2.45, 2.75) is 32.0 Å². The molecule has 1 N–H and O–H groups in total. The molecule has 1 nitrogen and oxygen atoms in total. The third-order valence-electron chi connectivity index (χ3n) is 3.03. The van der Waals surface area contributed by atoms with Crippen molar-refractivity contribution in [2.24, 2.45) is 5.92 Å². The van der Waals surface area contributed by atoms with E-state index in [-0.39, 0.29) is 6.04 Å². The second-order valence-electron chi connectivity index (χ2n) is 4.61. The first-order valence-corrected chi connectivity index (χ1v) is 5.87. The largest absolute Gasteiger partial charge is 0.416 e. The van der Waals surface area contributed by atoms with Crippen LogP contribution >= 0.6 is 11.6 Å². The molecule has 0 amide bonds. The van der Waals surface area contributed by atoms with Gasteiger partial charge in [-0.3, -0.25) is 0 Å². The molecular weight excluding hydrogens is 251 g/mol. The predicted molar refractivity (Wildman–Crippen MR) is 62.3 cm³/mol. The third kappa shape index (κ3) is 2.86. The van der Waals surface area contributed by atoms with E-state index in [1.165, 1.54) is 6.07 Å². The molecule has 0 atom stereocenters. The van der Waals surface area contributed by atoms with Crippen LogP contribution in [-0.4, -0.2) is 6.04 Å². The number of alkyl halides is 3. The van der Waals surface area contributed by atoms with Crippen LogP contribution in [0.1, 0.15) is 25.3 Å². The van der Waals surface area contributed by atoms with Crippen LogP contribution in [0, 0.1) is 5.92 Å². The normalized spacial score (nSPS) is 24.3. The van der Waals surface area contributed by atoms with Crippen LogP contribution in [0.25, 0.3) is 0 Å². The first kappa shape index (κ1) is 12.6. The van der Waals surface area contributed by atoms with E-state index in [9.17, 15) is 13.2 Å². The molecule has 1 fully saturated rings. The minimum absolute atomic E-state index is 0.242. The lowest BCUT2D eigenvalue weighted by Gasteiger charge is -2.34. The average molecular weight is 264 g/mol. The van der Waals surface area contributed by atoms with Crippen molar-refractivity contribution in [1.29, 1.82) is 0 Å². The van der Waals surface area contributed by atoms with Crippen molar-refractivity contribution in [3.63, 3.8) is 0 Å². The van der Waals surface area contributed by atoms with Gasteiger partial charge in [-0.1, -0.05) is 18.5 Å². The Morgan fingerprint density at radius 1 is 1.29 bits per heavy atom. The molecule has 1 aromatic carbocycles. The summed E-state index contributed by atoms with van der Waals surface area (Å²) in [6.07, 6.45) is -2.37. The predicted octanol–water partition coefficient (Wildman–Crippen LogP) is 4.57. The van der Waals surface area contributed by atoms with Crippen LogP contribution in [0.4, 0.5) is 18.9 Å². The van der Waals surface area contributed by atoms with Crippen molar-refractivity contribution in [3.05, 3.63) is 28.8 Å². The summed E-state index contributed by atoms with van der Waals surface area (Å²) in [7, 11) is 0. The highest BCUT2D eigenvalue weighted by molar-refractivity contribution is 6.33. The summed E-state index contributed by atoms with van der Waals surface area (Å²) in [5.41, 5.74) is -0.296. The fraction of sp³-hybridized carbons (Fsp3) is 0.500. The van der Waals surface area contributed by atoms with Gasteiger partial charge in [0, 0.05) is 6.04 Å². The molecule has 0 unspecified atom stereocenters. The molecule has 0 spiro atoms. The second kappa shape index (κ2) is 4.41. The Kier molecular flexibility index (Phi) is 3.25. The molecule has 0 aliphatic heterocycles. The highest BCUT2D eigenvalue weighted by atomic mass is 35.5. The number of nitrogens with one attached hydrogen (secondary N) is 1. The highest BCUT2D eigenvalue weighted by Crippen LogP contribution is 2.36. The van der Waals surface area contributed by atoms with Gasteiger partial charge in [0.25, 0.3) is 0 Å². The monoisotopic (exact) mass is 263 g/mol. The Balaban J connectivity index is 2.15. The molecular formula is C12H13ClF3N. The summed E-state index contributed by atoms with van der Waals surface area (Å²) in [6, 6.07) is 3.60. The molecule has 0 heterocycles. The van der Waals surface area contributed by atoms with Crippen LogP contribution in [-0.2, 0) is 6.18 Å². The van der Waals surface area contributed by atoms with Crippen LogP contribution < -0.4 is 5.32 Å². The lowest BCUT2D eigenvalue weighted by molar-refractivity contribution is -0.137. The van der Waals surface area contributed by atoms with Crippen molar-refractivity contribution in [1.82, 2.24) is 0 Å². The summed E-state index contributed by atoms with van der Waals surface area (Å²) in [4.78, 5) is 0. The van der Waals surface area contributed by atoms with E-state index in [0.717, 1.165) is 25.0 Å². The SMILES string of the molecule is CC1CC(Nc2cc(C(F)(F)F)ccc2Cl)C1. The van der Waals surface area contributed by atoms with Gasteiger partial charge in [-0.25, -0.2) is 0 Å². The summed E-state index contributed by atoms with van der Waals surface area (Å²) < 4.78 is 37.6. The van der Waals surface area contributed by atoms with Gasteiger partial charge in [-0.2, -0.15) is 13.2 Å². The maximum atomic E-state index is 12.5. The van der Waals surface area contributed by atoms with Gasteiger partial charge in [0.1, 0.15) is 0 Å². The van der Waals surface area contributed by atoms with Crippen molar-refractivity contribution in [3.8, 4) is 0 Å². The van der Waals surface area contributed by atoms with Gasteiger partial charge in [-0.05, 0) is 37.0 Å². The number of hydrogen-bond donors (Lipinski definition) is 1. The van der Waals surface area contributed by atoms with Crippen LogP contribution in [0.5, 0.6) is 0 Å². The molecule has 1 aromatic rings. The van der Waals surface area contributed by atoms with Crippen molar-refractivity contribution >= 4 is 17.3 Å². The van der Waals surface area contributed by atoms with E-state index in [4.69, 9.17) is 11.6 Å². The van der Waals surface area contributed by atoms with E-state index in [1.54, 1.807) is 0 Å². The molecule has 0 aromatic heterocycles. The van der Waals surface area contributed by atoms with Crippen LogP contribution in [0.3, 0.4) is 0 Å². The zero-order valence-electron chi connectivity index (χ0n) is 9.31. The number of rotatable bonds is 2. The molecule has 5 heteroatoms. The minimum atomic E-state index is -4.33. The van der Waals surface area contributed by atoms with E-state index in [2.05, 4.69) is 12.2 Å². The molecule has 17 heavy (non-hydrogen) atoms. The van der Waals surface area contributed by atoms with E-state index in [1.807, 2.05) is 0 Å². The highest BCUT2D eigenvalue weighted by Gasteiger charge is 2.32. The molecule has 1 aliphatic carbocycles. The zero-order valence-corrected chi connectivity index (χ0v) is 10.1. The standard InChI is InChI=1S/C12H13ClF3N/c1-7-4-9(5-7)17-11-6-8(12(14,15)16)2-3-10(11)13/h2-3,6-7,9,17H,4-5H2,1H3. The van der Waals surface area contributed by atoms with Crippen molar-refractivity contribution in [2.75, 3.05) is 5.32 Å². The Hall–Kier alpha value is -0.900. The molecule has 2 rings (SSSR count). The maximum Gasteiger partial charge on any atom is 0.416 e. The van der Waals surface area contributed by atoms with Gasteiger partial charge in [0.05, 0.1) is 16.3 Å². The Morgan fingerprint density at radius 3 is 2.47 bits per heavy atom. The summed E-state index contributed by atoms with van der Waals surface area (Å²) >= 11 is 5.88.